The second-order valence-corrected chi connectivity index (χ2v) is 9.81. The topological polar surface area (TPSA) is 89.3 Å². The number of hydrogen-bond donors (Lipinski definition) is 2. The van der Waals surface area contributed by atoms with E-state index in [0.29, 0.717) is 11.0 Å². The van der Waals surface area contributed by atoms with Crippen LogP contribution < -0.4 is 0 Å². The zero-order valence-electron chi connectivity index (χ0n) is 16.4. The second-order valence-electron chi connectivity index (χ2n) is 7.31. The molecule has 0 radical (unpaired) electrons. The Kier molecular flexibility index (Phi) is 6.33. The van der Waals surface area contributed by atoms with Crippen LogP contribution in [-0.2, 0) is 21.2 Å². The molecule has 8 heteroatoms. The highest BCUT2D eigenvalue weighted by Crippen LogP contribution is 2.36. The molecule has 1 unspecified atom stereocenters. The molecule has 1 aromatic carbocycles. The summed E-state index contributed by atoms with van der Waals surface area (Å²) in [6.07, 6.45) is 4.40. The Morgan fingerprint density at radius 1 is 1.28 bits per heavy atom. The molecule has 154 valence electrons. The van der Waals surface area contributed by atoms with Crippen molar-refractivity contribution in [3.63, 3.8) is 0 Å². The van der Waals surface area contributed by atoms with E-state index >= 15 is 0 Å². The zero-order valence-corrected chi connectivity index (χ0v) is 18.1. The molecule has 0 spiro atoms. The Bertz CT molecular complexity index is 1110. The van der Waals surface area contributed by atoms with Gasteiger partial charge in [0.1, 0.15) is 5.65 Å². The highest BCUT2D eigenvalue weighted by molar-refractivity contribution is 7.91. The van der Waals surface area contributed by atoms with E-state index in [4.69, 9.17) is 5.11 Å². The van der Waals surface area contributed by atoms with Gasteiger partial charge in [-0.2, -0.15) is 0 Å². The van der Waals surface area contributed by atoms with Gasteiger partial charge in [-0.15, -0.1) is 12.6 Å². The number of hydrogen-bond acceptors (Lipinski definition) is 5. The second kappa shape index (κ2) is 8.59. The normalized spacial score (nSPS) is 16.0. The summed E-state index contributed by atoms with van der Waals surface area (Å²) in [5, 5.41) is 9.62. The van der Waals surface area contributed by atoms with Gasteiger partial charge in [0, 0.05) is 40.9 Å². The Labute approximate surface area is 175 Å². The van der Waals surface area contributed by atoms with Gasteiger partial charge in [0.05, 0.1) is 11.3 Å². The Morgan fingerprint density at radius 2 is 1.97 bits per heavy atom. The lowest BCUT2D eigenvalue weighted by Gasteiger charge is -2.23. The standard InChI is InChI=1S/C14H16N2O4S.C7H8S/c1-21(19,20)12-4-5-15-14-10(12)8-11-9(7-13(17)18)3-2-6-16(11)14;1-6-2-4-7(8)5-3-6/h4-5,8-9H,2-3,6-7H2,1H3,(H,17,18);2-5,8H,1H3. The number of pyridine rings is 1. The van der Waals surface area contributed by atoms with Gasteiger partial charge in [-0.1, -0.05) is 17.7 Å². The molecule has 0 saturated carbocycles. The molecule has 0 bridgehead atoms. The number of carboxylic acids is 1. The molecule has 0 fully saturated rings. The number of fused-ring (bicyclic) bond motifs is 3. The van der Waals surface area contributed by atoms with Crippen molar-refractivity contribution < 1.29 is 18.3 Å². The number of aryl methyl sites for hydroxylation is 2. The first-order valence-corrected chi connectivity index (χ1v) is 11.7. The van der Waals surface area contributed by atoms with E-state index in [1.165, 1.54) is 24.1 Å². The van der Waals surface area contributed by atoms with Gasteiger partial charge in [0.25, 0.3) is 0 Å². The minimum absolute atomic E-state index is 0.0600. The molecular weight excluding hydrogens is 408 g/mol. The number of sulfone groups is 1. The average molecular weight is 433 g/mol. The van der Waals surface area contributed by atoms with E-state index in [2.05, 4.69) is 24.5 Å². The Balaban J connectivity index is 0.000000252. The number of carboxylic acid groups (broad SMARTS) is 1. The van der Waals surface area contributed by atoms with Gasteiger partial charge < -0.3 is 9.67 Å². The molecule has 1 atom stereocenters. The SMILES string of the molecule is CS(=O)(=O)c1ccnc2c1cc1n2CCCC1CC(=O)O.Cc1ccc(S)cc1. The number of aliphatic carboxylic acids is 1. The third-order valence-corrected chi connectivity index (χ3v) is 6.45. The predicted molar refractivity (Wildman–Crippen MR) is 116 cm³/mol. The van der Waals surface area contributed by atoms with Crippen LogP contribution in [0.3, 0.4) is 0 Å². The van der Waals surface area contributed by atoms with Crippen LogP contribution in [-0.4, -0.2) is 35.3 Å². The lowest BCUT2D eigenvalue weighted by Crippen LogP contribution is -2.17. The number of benzene rings is 1. The van der Waals surface area contributed by atoms with Crippen molar-refractivity contribution in [3.05, 3.63) is 53.9 Å². The summed E-state index contributed by atoms with van der Waals surface area (Å²) in [5.41, 5.74) is 2.79. The van der Waals surface area contributed by atoms with Crippen LogP contribution in [0.4, 0.5) is 0 Å². The molecule has 0 amide bonds. The van der Waals surface area contributed by atoms with Crippen molar-refractivity contribution in [2.24, 2.45) is 0 Å². The number of rotatable bonds is 3. The number of nitrogens with zero attached hydrogens (tertiary/aromatic N) is 2. The van der Waals surface area contributed by atoms with E-state index in [9.17, 15) is 13.2 Å². The lowest BCUT2D eigenvalue weighted by molar-refractivity contribution is -0.137. The van der Waals surface area contributed by atoms with Gasteiger partial charge in [-0.25, -0.2) is 13.4 Å². The molecule has 1 aliphatic rings. The molecule has 1 aliphatic heterocycles. The molecule has 1 N–H and O–H groups in total. The van der Waals surface area contributed by atoms with Crippen molar-refractivity contribution in [1.29, 1.82) is 0 Å². The quantitative estimate of drug-likeness (QED) is 0.609. The zero-order chi connectivity index (χ0) is 21.2. The van der Waals surface area contributed by atoms with E-state index < -0.39 is 15.8 Å². The van der Waals surface area contributed by atoms with E-state index in [-0.39, 0.29) is 17.2 Å². The van der Waals surface area contributed by atoms with Crippen LogP contribution in [0.25, 0.3) is 11.0 Å². The van der Waals surface area contributed by atoms with Gasteiger partial charge in [-0.05, 0) is 44.0 Å². The first kappa shape index (κ1) is 21.4. The molecule has 6 nitrogen and oxygen atoms in total. The summed E-state index contributed by atoms with van der Waals surface area (Å²) in [4.78, 5) is 16.6. The molecule has 3 aromatic rings. The summed E-state index contributed by atoms with van der Waals surface area (Å²) >= 11 is 4.13. The number of thiol groups is 1. The third kappa shape index (κ3) is 5.00. The largest absolute Gasteiger partial charge is 0.481 e. The molecule has 0 aliphatic carbocycles. The summed E-state index contributed by atoms with van der Waals surface area (Å²) in [7, 11) is -3.34. The van der Waals surface area contributed by atoms with Gasteiger partial charge in [-0.3, -0.25) is 4.79 Å². The third-order valence-electron chi connectivity index (χ3n) is 5.00. The predicted octanol–water partition coefficient (Wildman–Crippen LogP) is 4.08. The Hall–Kier alpha value is -2.32. The van der Waals surface area contributed by atoms with Gasteiger partial charge in [0.15, 0.2) is 9.84 Å². The van der Waals surface area contributed by atoms with E-state index in [1.807, 2.05) is 28.8 Å². The van der Waals surface area contributed by atoms with Crippen LogP contribution in [0, 0.1) is 6.92 Å². The van der Waals surface area contributed by atoms with Gasteiger partial charge in [0.2, 0.25) is 0 Å². The maximum Gasteiger partial charge on any atom is 0.304 e. The molecule has 2 aromatic heterocycles. The maximum atomic E-state index is 11.9. The monoisotopic (exact) mass is 432 g/mol. The summed E-state index contributed by atoms with van der Waals surface area (Å²) in [6, 6.07) is 11.4. The highest BCUT2D eigenvalue weighted by Gasteiger charge is 2.27. The summed E-state index contributed by atoms with van der Waals surface area (Å²) in [6.45, 7) is 2.81. The van der Waals surface area contributed by atoms with Gasteiger partial charge >= 0.3 is 5.97 Å². The van der Waals surface area contributed by atoms with Crippen LogP contribution in [0.2, 0.25) is 0 Å². The van der Waals surface area contributed by atoms with Crippen LogP contribution in [0.15, 0.2) is 52.4 Å². The van der Waals surface area contributed by atoms with Crippen molar-refractivity contribution >= 4 is 39.5 Å². The van der Waals surface area contributed by atoms with Crippen LogP contribution in [0.1, 0.15) is 36.4 Å². The minimum Gasteiger partial charge on any atom is -0.481 e. The van der Waals surface area contributed by atoms with E-state index in [1.54, 1.807) is 6.07 Å². The lowest BCUT2D eigenvalue weighted by atomic mass is 9.93. The van der Waals surface area contributed by atoms with E-state index in [0.717, 1.165) is 30.0 Å². The van der Waals surface area contributed by atoms with Crippen molar-refractivity contribution in [2.45, 2.75) is 48.4 Å². The van der Waals surface area contributed by atoms with Crippen molar-refractivity contribution in [3.8, 4) is 0 Å². The molecule has 4 rings (SSSR count). The van der Waals surface area contributed by atoms with Crippen LogP contribution >= 0.6 is 12.6 Å². The molecule has 0 saturated heterocycles. The maximum absolute atomic E-state index is 11.9. The summed E-state index contributed by atoms with van der Waals surface area (Å²) < 4.78 is 25.7. The average Bonchev–Trinajstić information content (AvgIpc) is 3.03. The smallest absolute Gasteiger partial charge is 0.304 e. The summed E-state index contributed by atoms with van der Waals surface area (Å²) in [5.74, 6) is -0.923. The molecule has 29 heavy (non-hydrogen) atoms. The fourth-order valence-corrected chi connectivity index (χ4v) is 4.65. The number of carbonyl (C=O) groups is 1. The Morgan fingerprint density at radius 3 is 2.55 bits per heavy atom. The first-order chi connectivity index (χ1) is 13.7. The number of aromatic nitrogens is 2. The van der Waals surface area contributed by atoms with Crippen molar-refractivity contribution in [1.82, 2.24) is 9.55 Å². The van der Waals surface area contributed by atoms with Crippen molar-refractivity contribution in [2.75, 3.05) is 6.26 Å². The first-order valence-electron chi connectivity index (χ1n) is 9.32. The molecular formula is C21H24N2O4S2. The minimum atomic E-state index is -3.34. The highest BCUT2D eigenvalue weighted by atomic mass is 32.2. The van der Waals surface area contributed by atoms with Crippen LogP contribution in [0.5, 0.6) is 0 Å². The fourth-order valence-electron chi connectivity index (χ4n) is 3.65. The fraction of sp³-hybridized carbons (Fsp3) is 0.333. The molecule has 3 heterocycles.